The Labute approximate surface area is 146 Å². The van der Waals surface area contributed by atoms with Crippen LogP contribution in [0.1, 0.15) is 79.1 Å². The summed E-state index contributed by atoms with van der Waals surface area (Å²) in [4.78, 5) is 0. The maximum Gasteiger partial charge on any atom is 0.286 e. The number of unbranched alkanes of at least 4 members (excludes halogenated alkanes) is 5. The molecule has 0 N–H and O–H groups in total. The predicted octanol–water partition coefficient (Wildman–Crippen LogP) is 5.77. The summed E-state index contributed by atoms with van der Waals surface area (Å²) < 4.78 is 45.0. The van der Waals surface area contributed by atoms with E-state index in [9.17, 15) is 8.78 Å². The zero-order chi connectivity index (χ0) is 18.1. The number of ether oxygens (including phenoxy) is 3. The summed E-state index contributed by atoms with van der Waals surface area (Å²) in [5.41, 5.74) is 0. The zero-order valence-corrected chi connectivity index (χ0v) is 15.9. The summed E-state index contributed by atoms with van der Waals surface area (Å²) >= 11 is 0. The van der Waals surface area contributed by atoms with E-state index in [2.05, 4.69) is 6.92 Å². The van der Waals surface area contributed by atoms with Crippen molar-refractivity contribution in [2.75, 3.05) is 19.8 Å². The Kier molecular flexibility index (Phi) is 9.68. The first-order chi connectivity index (χ1) is 11.5. The lowest BCUT2D eigenvalue weighted by Gasteiger charge is -2.39. The summed E-state index contributed by atoms with van der Waals surface area (Å²) in [6.45, 7) is 8.87. The number of rotatable bonds is 15. The van der Waals surface area contributed by atoms with Gasteiger partial charge in [-0.25, -0.2) is 8.78 Å². The number of alkyl halides is 2. The first-order valence-electron chi connectivity index (χ1n) is 9.77. The molecule has 3 nitrogen and oxygen atoms in total. The Morgan fingerprint density at radius 2 is 1.33 bits per heavy atom. The minimum atomic E-state index is -2.61. The molecular weight excluding hydrogens is 314 g/mol. The molecule has 1 aliphatic carbocycles. The fraction of sp³-hybridized carbons (Fsp3) is 1.00. The van der Waals surface area contributed by atoms with Crippen molar-refractivity contribution in [2.24, 2.45) is 11.8 Å². The molecule has 1 fully saturated rings. The minimum Gasteiger partial charge on any atom is -0.328 e. The Morgan fingerprint density at radius 3 is 1.75 bits per heavy atom. The molecule has 0 aromatic heterocycles. The van der Waals surface area contributed by atoms with Crippen molar-refractivity contribution in [1.82, 2.24) is 0 Å². The molecule has 0 aromatic rings. The molecule has 2 unspecified atom stereocenters. The quantitative estimate of drug-likeness (QED) is 0.277. The van der Waals surface area contributed by atoms with Gasteiger partial charge < -0.3 is 14.2 Å². The average molecular weight is 350 g/mol. The Balaban J connectivity index is 2.73. The monoisotopic (exact) mass is 350 g/mol. The van der Waals surface area contributed by atoms with Crippen LogP contribution in [0.2, 0.25) is 0 Å². The third-order valence-electron chi connectivity index (χ3n) is 4.72. The van der Waals surface area contributed by atoms with Crippen LogP contribution in [-0.4, -0.2) is 31.7 Å². The van der Waals surface area contributed by atoms with E-state index < -0.39 is 23.7 Å². The molecule has 0 aliphatic heterocycles. The Morgan fingerprint density at radius 1 is 0.875 bits per heavy atom. The normalized spacial score (nSPS) is 21.0. The second-order valence-electron chi connectivity index (χ2n) is 6.64. The maximum atomic E-state index is 13.8. The van der Waals surface area contributed by atoms with Gasteiger partial charge in [0.1, 0.15) is 0 Å². The molecule has 1 aliphatic rings. The molecule has 0 heterocycles. The third-order valence-corrected chi connectivity index (χ3v) is 4.72. The van der Waals surface area contributed by atoms with Gasteiger partial charge in [-0.2, -0.15) is 0 Å². The van der Waals surface area contributed by atoms with Crippen molar-refractivity contribution in [3.63, 3.8) is 0 Å². The molecule has 0 radical (unpaired) electrons. The standard InChI is InChI=1S/C19H36F2O3/c1-5-9-10-11-12-13-14-16(17-15-18(17,20)21)19(22-6-2,23-7-3)24-8-4/h16-17H,5-15H2,1-4H3. The van der Waals surface area contributed by atoms with Crippen LogP contribution in [0.3, 0.4) is 0 Å². The Hall–Kier alpha value is -0.260. The van der Waals surface area contributed by atoms with Crippen LogP contribution < -0.4 is 0 Å². The fourth-order valence-electron chi connectivity index (χ4n) is 3.49. The topological polar surface area (TPSA) is 27.7 Å². The number of halogens is 2. The highest BCUT2D eigenvalue weighted by atomic mass is 19.3. The second-order valence-corrected chi connectivity index (χ2v) is 6.64. The molecule has 0 amide bonds. The summed E-state index contributed by atoms with van der Waals surface area (Å²) in [6.07, 6.45) is 7.38. The summed E-state index contributed by atoms with van der Waals surface area (Å²) in [5, 5.41) is 0. The molecule has 2 atom stereocenters. The van der Waals surface area contributed by atoms with Crippen molar-refractivity contribution in [1.29, 1.82) is 0 Å². The summed E-state index contributed by atoms with van der Waals surface area (Å²) in [5.74, 6) is -5.05. The first-order valence-corrected chi connectivity index (χ1v) is 9.77. The van der Waals surface area contributed by atoms with E-state index in [-0.39, 0.29) is 6.42 Å². The highest BCUT2D eigenvalue weighted by molar-refractivity contribution is 5.01. The van der Waals surface area contributed by atoms with Gasteiger partial charge in [0.2, 0.25) is 0 Å². The van der Waals surface area contributed by atoms with E-state index in [0.29, 0.717) is 26.2 Å². The van der Waals surface area contributed by atoms with E-state index in [0.717, 1.165) is 19.3 Å². The lowest BCUT2D eigenvalue weighted by Crippen LogP contribution is -2.48. The summed E-state index contributed by atoms with van der Waals surface area (Å²) in [7, 11) is 0. The van der Waals surface area contributed by atoms with Gasteiger partial charge in [0, 0.05) is 38.1 Å². The van der Waals surface area contributed by atoms with Gasteiger partial charge in [-0.05, 0) is 27.2 Å². The molecule has 0 bridgehead atoms. The summed E-state index contributed by atoms with van der Waals surface area (Å²) in [6, 6.07) is 0. The second kappa shape index (κ2) is 10.7. The highest BCUT2D eigenvalue weighted by Crippen LogP contribution is 2.57. The van der Waals surface area contributed by atoms with Crippen LogP contribution in [-0.2, 0) is 14.2 Å². The van der Waals surface area contributed by atoms with Crippen molar-refractivity contribution in [3.8, 4) is 0 Å². The van der Waals surface area contributed by atoms with Gasteiger partial charge in [0.25, 0.3) is 11.9 Å². The van der Waals surface area contributed by atoms with E-state index in [1.54, 1.807) is 0 Å². The predicted molar refractivity (Wildman–Crippen MR) is 92.1 cm³/mol. The molecule has 0 spiro atoms. The lowest BCUT2D eigenvalue weighted by atomic mass is 9.92. The van der Waals surface area contributed by atoms with Crippen LogP contribution >= 0.6 is 0 Å². The zero-order valence-electron chi connectivity index (χ0n) is 15.9. The van der Waals surface area contributed by atoms with Crippen molar-refractivity contribution < 1.29 is 23.0 Å². The Bertz CT molecular complexity index is 320. The third kappa shape index (κ3) is 6.23. The van der Waals surface area contributed by atoms with Gasteiger partial charge in [0.05, 0.1) is 0 Å². The van der Waals surface area contributed by atoms with Crippen LogP contribution in [0.25, 0.3) is 0 Å². The fourth-order valence-corrected chi connectivity index (χ4v) is 3.49. The molecular formula is C19H36F2O3. The van der Waals surface area contributed by atoms with Gasteiger partial charge >= 0.3 is 0 Å². The van der Waals surface area contributed by atoms with E-state index in [1.165, 1.54) is 19.3 Å². The maximum absolute atomic E-state index is 13.8. The van der Waals surface area contributed by atoms with Crippen molar-refractivity contribution in [3.05, 3.63) is 0 Å². The van der Waals surface area contributed by atoms with Gasteiger partial charge in [-0.1, -0.05) is 45.4 Å². The van der Waals surface area contributed by atoms with Crippen LogP contribution in [0.4, 0.5) is 8.78 Å². The van der Waals surface area contributed by atoms with Crippen molar-refractivity contribution in [2.45, 2.75) is 91.0 Å². The number of hydrogen-bond acceptors (Lipinski definition) is 3. The molecule has 0 aromatic carbocycles. The molecule has 0 saturated heterocycles. The van der Waals surface area contributed by atoms with Crippen LogP contribution in [0.5, 0.6) is 0 Å². The SMILES string of the molecule is CCCCCCCCC(C1CC1(F)F)C(OCC)(OCC)OCC. The van der Waals surface area contributed by atoms with Crippen LogP contribution in [0, 0.1) is 11.8 Å². The molecule has 1 rings (SSSR count). The van der Waals surface area contributed by atoms with Gasteiger partial charge in [-0.3, -0.25) is 0 Å². The van der Waals surface area contributed by atoms with Gasteiger partial charge in [-0.15, -0.1) is 0 Å². The number of hydrogen-bond donors (Lipinski definition) is 0. The van der Waals surface area contributed by atoms with Crippen LogP contribution in [0.15, 0.2) is 0 Å². The molecule has 1 saturated carbocycles. The lowest BCUT2D eigenvalue weighted by molar-refractivity contribution is -0.406. The largest absolute Gasteiger partial charge is 0.328 e. The minimum absolute atomic E-state index is 0.0809. The highest BCUT2D eigenvalue weighted by Gasteiger charge is 2.65. The average Bonchev–Trinajstić information content (AvgIpc) is 3.15. The molecule has 144 valence electrons. The van der Waals surface area contributed by atoms with E-state index in [1.807, 2.05) is 20.8 Å². The molecule has 24 heavy (non-hydrogen) atoms. The molecule has 5 heteroatoms. The smallest absolute Gasteiger partial charge is 0.286 e. The van der Waals surface area contributed by atoms with E-state index in [4.69, 9.17) is 14.2 Å². The van der Waals surface area contributed by atoms with Crippen molar-refractivity contribution >= 4 is 0 Å². The first kappa shape index (κ1) is 21.8. The van der Waals surface area contributed by atoms with Gasteiger partial charge in [0.15, 0.2) is 0 Å². The van der Waals surface area contributed by atoms with E-state index >= 15 is 0 Å².